The van der Waals surface area contributed by atoms with Crippen LogP contribution in [0.25, 0.3) is 0 Å². The van der Waals surface area contributed by atoms with E-state index >= 15 is 0 Å². The van der Waals surface area contributed by atoms with Crippen LogP contribution in [0.15, 0.2) is 23.1 Å². The molecule has 1 aliphatic heterocycles. The average molecular weight is 445 g/mol. The number of halogens is 1. The van der Waals surface area contributed by atoms with Gasteiger partial charge < -0.3 is 9.64 Å². The molecule has 0 aromatic heterocycles. The summed E-state index contributed by atoms with van der Waals surface area (Å²) in [6, 6.07) is 3.91. The molecule has 9 heteroatoms. The third-order valence-electron chi connectivity index (χ3n) is 5.05. The van der Waals surface area contributed by atoms with Crippen LogP contribution in [0.4, 0.5) is 0 Å². The van der Waals surface area contributed by atoms with E-state index in [1.165, 1.54) is 22.5 Å². The van der Waals surface area contributed by atoms with Crippen molar-refractivity contribution in [3.63, 3.8) is 0 Å². The minimum atomic E-state index is -3.74. The molecule has 0 bridgehead atoms. The van der Waals surface area contributed by atoms with Crippen LogP contribution < -0.4 is 0 Å². The van der Waals surface area contributed by atoms with Crippen molar-refractivity contribution in [2.24, 2.45) is 11.8 Å². The highest BCUT2D eigenvalue weighted by Crippen LogP contribution is 2.24. The Morgan fingerprint density at radius 2 is 1.76 bits per heavy atom. The fourth-order valence-electron chi connectivity index (χ4n) is 3.70. The molecule has 1 aromatic carbocycles. The number of amides is 1. The number of esters is 1. The van der Waals surface area contributed by atoms with Gasteiger partial charge in [-0.15, -0.1) is 0 Å². The lowest BCUT2D eigenvalue weighted by molar-refractivity contribution is -0.137. The number of likely N-dealkylation sites (tertiary alicyclic amines) is 1. The zero-order valence-corrected chi connectivity index (χ0v) is 18.9. The van der Waals surface area contributed by atoms with Gasteiger partial charge in [-0.1, -0.05) is 39.3 Å². The zero-order chi connectivity index (χ0) is 21.8. The first-order chi connectivity index (χ1) is 13.6. The first kappa shape index (κ1) is 23.6. The number of ether oxygens (including phenoxy) is 1. The molecule has 0 aliphatic carbocycles. The summed E-state index contributed by atoms with van der Waals surface area (Å²) >= 11 is 6.09. The maximum absolute atomic E-state index is 12.7. The number of benzene rings is 1. The highest BCUT2D eigenvalue weighted by Gasteiger charge is 2.27. The number of hydrogen-bond acceptors (Lipinski definition) is 5. The molecule has 2 atom stereocenters. The van der Waals surface area contributed by atoms with Gasteiger partial charge in [0.2, 0.25) is 10.0 Å². The molecule has 0 N–H and O–H groups in total. The van der Waals surface area contributed by atoms with Gasteiger partial charge in [0, 0.05) is 26.2 Å². The Hall–Kier alpha value is -1.64. The summed E-state index contributed by atoms with van der Waals surface area (Å²) in [5.74, 6) is -0.289. The van der Waals surface area contributed by atoms with Crippen molar-refractivity contribution in [3.05, 3.63) is 28.8 Å². The summed E-state index contributed by atoms with van der Waals surface area (Å²) in [6.45, 7) is 9.14. The predicted octanol–water partition coefficient (Wildman–Crippen LogP) is 3.03. The Labute approximate surface area is 178 Å². The van der Waals surface area contributed by atoms with Gasteiger partial charge in [-0.25, -0.2) is 13.2 Å². The van der Waals surface area contributed by atoms with Gasteiger partial charge in [-0.05, 0) is 36.5 Å². The molecular weight excluding hydrogens is 416 g/mol. The van der Waals surface area contributed by atoms with Crippen molar-refractivity contribution in [1.82, 2.24) is 9.21 Å². The summed E-state index contributed by atoms with van der Waals surface area (Å²) < 4.78 is 31.8. The Balaban J connectivity index is 2.12. The molecule has 7 nitrogen and oxygen atoms in total. The number of carbonyl (C=O) groups is 2. The number of sulfonamides is 1. The molecule has 1 aliphatic rings. The van der Waals surface area contributed by atoms with E-state index in [-0.39, 0.29) is 21.4 Å². The largest absolute Gasteiger partial charge is 0.452 e. The van der Waals surface area contributed by atoms with Crippen LogP contribution in [-0.4, -0.2) is 62.3 Å². The van der Waals surface area contributed by atoms with Crippen LogP contribution in [0, 0.1) is 11.8 Å². The number of hydrogen-bond donors (Lipinski definition) is 0. The maximum Gasteiger partial charge on any atom is 0.340 e. The SMILES string of the molecule is CCN(CC)S(=O)(=O)c1ccc(Cl)c(C(=O)OCC(=O)N2C[C@H](C)C[C@H](C)C2)c1. The normalized spacial score (nSPS) is 20.0. The number of carbonyl (C=O) groups excluding carboxylic acids is 2. The first-order valence-corrected chi connectivity index (χ1v) is 11.7. The fraction of sp³-hybridized carbons (Fsp3) is 0.600. The molecule has 29 heavy (non-hydrogen) atoms. The average Bonchev–Trinajstić information content (AvgIpc) is 2.66. The highest BCUT2D eigenvalue weighted by atomic mass is 35.5. The predicted molar refractivity (Wildman–Crippen MR) is 111 cm³/mol. The van der Waals surface area contributed by atoms with Gasteiger partial charge in [0.15, 0.2) is 6.61 Å². The van der Waals surface area contributed by atoms with Crippen molar-refractivity contribution >= 4 is 33.5 Å². The van der Waals surface area contributed by atoms with E-state index in [9.17, 15) is 18.0 Å². The third-order valence-corrected chi connectivity index (χ3v) is 7.42. The fourth-order valence-corrected chi connectivity index (χ4v) is 5.38. The molecule has 0 saturated carbocycles. The molecule has 1 heterocycles. The van der Waals surface area contributed by atoms with E-state index in [1.54, 1.807) is 18.7 Å². The van der Waals surface area contributed by atoms with Gasteiger partial charge in [0.25, 0.3) is 5.91 Å². The lowest BCUT2D eigenvalue weighted by atomic mass is 9.92. The lowest BCUT2D eigenvalue weighted by Crippen LogP contribution is -2.44. The summed E-state index contributed by atoms with van der Waals surface area (Å²) in [6.07, 6.45) is 1.06. The van der Waals surface area contributed by atoms with Gasteiger partial charge in [0.05, 0.1) is 15.5 Å². The van der Waals surface area contributed by atoms with Crippen LogP contribution in [0.3, 0.4) is 0 Å². The highest BCUT2D eigenvalue weighted by molar-refractivity contribution is 7.89. The third kappa shape index (κ3) is 5.71. The molecule has 0 unspecified atom stereocenters. The first-order valence-electron chi connectivity index (χ1n) is 9.84. The summed E-state index contributed by atoms with van der Waals surface area (Å²) in [7, 11) is -3.74. The topological polar surface area (TPSA) is 84.0 Å². The van der Waals surface area contributed by atoms with Crippen molar-refractivity contribution in [3.8, 4) is 0 Å². The second kappa shape index (κ2) is 9.91. The molecule has 162 valence electrons. The van der Waals surface area contributed by atoms with Gasteiger partial charge in [-0.2, -0.15) is 4.31 Å². The van der Waals surface area contributed by atoms with Crippen LogP contribution in [0.2, 0.25) is 5.02 Å². The number of nitrogens with zero attached hydrogens (tertiary/aromatic N) is 2. The van der Waals surface area contributed by atoms with E-state index in [1.807, 2.05) is 0 Å². The van der Waals surface area contributed by atoms with E-state index in [4.69, 9.17) is 16.3 Å². The Morgan fingerprint density at radius 1 is 1.17 bits per heavy atom. The maximum atomic E-state index is 12.7. The monoisotopic (exact) mass is 444 g/mol. The second-order valence-corrected chi connectivity index (χ2v) is 9.90. The summed E-state index contributed by atoms with van der Waals surface area (Å²) in [5.41, 5.74) is -0.0759. The van der Waals surface area contributed by atoms with Crippen LogP contribution in [-0.2, 0) is 19.6 Å². The van der Waals surface area contributed by atoms with Crippen LogP contribution in [0.5, 0.6) is 0 Å². The molecule has 1 aromatic rings. The van der Waals surface area contributed by atoms with E-state index in [0.717, 1.165) is 6.42 Å². The van der Waals surface area contributed by atoms with E-state index < -0.39 is 22.6 Å². The molecule has 1 saturated heterocycles. The lowest BCUT2D eigenvalue weighted by Gasteiger charge is -2.34. The second-order valence-electron chi connectivity index (χ2n) is 7.55. The molecule has 0 spiro atoms. The number of piperidine rings is 1. The zero-order valence-electron chi connectivity index (χ0n) is 17.4. The molecule has 1 amide bonds. The van der Waals surface area contributed by atoms with Crippen molar-refractivity contribution in [1.29, 1.82) is 0 Å². The smallest absolute Gasteiger partial charge is 0.340 e. The molecule has 0 radical (unpaired) electrons. The summed E-state index contributed by atoms with van der Waals surface area (Å²) in [4.78, 5) is 26.6. The van der Waals surface area contributed by atoms with Crippen molar-refractivity contribution in [2.45, 2.75) is 39.0 Å². The summed E-state index contributed by atoms with van der Waals surface area (Å²) in [5, 5.41) is 0.0705. The minimum Gasteiger partial charge on any atom is -0.452 e. The van der Waals surface area contributed by atoms with Gasteiger partial charge >= 0.3 is 5.97 Å². The van der Waals surface area contributed by atoms with Crippen LogP contribution >= 0.6 is 11.6 Å². The quantitative estimate of drug-likeness (QED) is 0.603. The number of rotatable bonds is 7. The Bertz CT molecular complexity index is 844. The molecule has 2 rings (SSSR count). The Kier molecular flexibility index (Phi) is 8.08. The van der Waals surface area contributed by atoms with E-state index in [0.29, 0.717) is 38.0 Å². The minimum absolute atomic E-state index is 0.0393. The molecular formula is C20H29ClN2O5S. The van der Waals surface area contributed by atoms with Crippen LogP contribution in [0.1, 0.15) is 44.5 Å². The Morgan fingerprint density at radius 3 is 2.31 bits per heavy atom. The van der Waals surface area contributed by atoms with Gasteiger partial charge in [-0.3, -0.25) is 4.79 Å². The standard InChI is InChI=1S/C20H29ClN2O5S/c1-5-23(6-2)29(26,27)16-7-8-18(21)17(10-16)20(25)28-13-19(24)22-11-14(3)9-15(4)12-22/h7-8,10,14-15H,5-6,9,11-13H2,1-4H3/t14-,15+. The van der Waals surface area contributed by atoms with Crippen molar-refractivity contribution < 1.29 is 22.7 Å². The van der Waals surface area contributed by atoms with Crippen molar-refractivity contribution in [2.75, 3.05) is 32.8 Å². The van der Waals surface area contributed by atoms with E-state index in [2.05, 4.69) is 13.8 Å². The van der Waals surface area contributed by atoms with Gasteiger partial charge in [0.1, 0.15) is 0 Å². The molecule has 1 fully saturated rings.